The van der Waals surface area contributed by atoms with E-state index in [1.807, 2.05) is 25.1 Å². The maximum absolute atomic E-state index is 11.4. The Morgan fingerprint density at radius 2 is 2.30 bits per heavy atom. The number of likely N-dealkylation sites (tertiary alicyclic amines) is 1. The summed E-state index contributed by atoms with van der Waals surface area (Å²) in [5.74, 6) is 0.138. The lowest BCUT2D eigenvalue weighted by molar-refractivity contribution is -0.151. The molecule has 1 unspecified atom stereocenters. The number of carbonyl (C=O) groups is 1. The van der Waals surface area contributed by atoms with Gasteiger partial charge < -0.3 is 9.84 Å². The molecule has 0 aliphatic carbocycles. The number of benzene rings is 1. The van der Waals surface area contributed by atoms with Crippen LogP contribution in [0.3, 0.4) is 0 Å². The third-order valence-electron chi connectivity index (χ3n) is 3.93. The molecule has 1 aliphatic rings. The normalized spacial score (nSPS) is 23.6. The summed E-state index contributed by atoms with van der Waals surface area (Å²) >= 11 is 3.47. The second kappa shape index (κ2) is 6.14. The second-order valence-electron chi connectivity index (χ2n) is 5.64. The fourth-order valence-electron chi connectivity index (χ4n) is 2.77. The van der Waals surface area contributed by atoms with E-state index in [9.17, 15) is 9.90 Å². The van der Waals surface area contributed by atoms with Crippen molar-refractivity contribution in [3.05, 3.63) is 28.2 Å². The molecule has 20 heavy (non-hydrogen) atoms. The van der Waals surface area contributed by atoms with Gasteiger partial charge in [-0.2, -0.15) is 0 Å². The molecule has 1 aromatic rings. The van der Waals surface area contributed by atoms with Gasteiger partial charge in [-0.15, -0.1) is 0 Å². The Kier molecular flexibility index (Phi) is 4.70. The summed E-state index contributed by atoms with van der Waals surface area (Å²) in [7, 11) is 1.66. The summed E-state index contributed by atoms with van der Waals surface area (Å²) in [5.41, 5.74) is 0.439. The van der Waals surface area contributed by atoms with E-state index in [1.165, 1.54) is 0 Å². The number of aliphatic carboxylic acids is 1. The maximum Gasteiger partial charge on any atom is 0.310 e. The summed E-state index contributed by atoms with van der Waals surface area (Å²) < 4.78 is 6.38. The Morgan fingerprint density at radius 3 is 2.95 bits per heavy atom. The quantitative estimate of drug-likeness (QED) is 0.913. The number of hydrogen-bond donors (Lipinski definition) is 1. The minimum Gasteiger partial charge on any atom is -0.496 e. The van der Waals surface area contributed by atoms with Crippen molar-refractivity contribution in [2.75, 3.05) is 20.2 Å². The van der Waals surface area contributed by atoms with Gasteiger partial charge in [0.25, 0.3) is 0 Å². The number of ether oxygens (including phenoxy) is 1. The molecule has 1 saturated heterocycles. The zero-order chi connectivity index (χ0) is 14.8. The van der Waals surface area contributed by atoms with E-state index in [-0.39, 0.29) is 0 Å². The zero-order valence-corrected chi connectivity index (χ0v) is 13.4. The van der Waals surface area contributed by atoms with Crippen molar-refractivity contribution in [3.8, 4) is 5.75 Å². The first-order chi connectivity index (χ1) is 9.44. The van der Waals surface area contributed by atoms with E-state index in [1.54, 1.807) is 7.11 Å². The summed E-state index contributed by atoms with van der Waals surface area (Å²) in [4.78, 5) is 13.6. The molecule has 1 atom stereocenters. The number of hydrogen-bond acceptors (Lipinski definition) is 3. The van der Waals surface area contributed by atoms with Crippen molar-refractivity contribution in [1.82, 2.24) is 4.90 Å². The molecule has 0 radical (unpaired) electrons. The Labute approximate surface area is 127 Å². The van der Waals surface area contributed by atoms with Gasteiger partial charge in [-0.05, 0) is 44.5 Å². The molecule has 1 N–H and O–H groups in total. The number of methoxy groups -OCH3 is 1. The lowest BCUT2D eigenvalue weighted by atomic mass is 9.82. The maximum atomic E-state index is 11.4. The van der Waals surface area contributed by atoms with Gasteiger partial charge in [0.1, 0.15) is 5.75 Å². The van der Waals surface area contributed by atoms with Gasteiger partial charge in [-0.3, -0.25) is 9.69 Å². The van der Waals surface area contributed by atoms with Gasteiger partial charge >= 0.3 is 5.97 Å². The van der Waals surface area contributed by atoms with Crippen molar-refractivity contribution >= 4 is 21.9 Å². The van der Waals surface area contributed by atoms with Crippen molar-refractivity contribution in [2.24, 2.45) is 5.41 Å². The van der Waals surface area contributed by atoms with Crippen molar-refractivity contribution in [2.45, 2.75) is 26.3 Å². The van der Waals surface area contributed by atoms with E-state index < -0.39 is 11.4 Å². The molecule has 4 nitrogen and oxygen atoms in total. The van der Waals surface area contributed by atoms with Crippen molar-refractivity contribution < 1.29 is 14.6 Å². The summed E-state index contributed by atoms with van der Waals surface area (Å²) in [6.07, 6.45) is 1.66. The van der Waals surface area contributed by atoms with Crippen molar-refractivity contribution in [3.63, 3.8) is 0 Å². The smallest absolute Gasteiger partial charge is 0.310 e. The lowest BCUT2D eigenvalue weighted by Gasteiger charge is -2.37. The highest BCUT2D eigenvalue weighted by atomic mass is 79.9. The van der Waals surface area contributed by atoms with Gasteiger partial charge in [0.2, 0.25) is 0 Å². The van der Waals surface area contributed by atoms with Crippen LogP contribution in [0.5, 0.6) is 5.75 Å². The van der Waals surface area contributed by atoms with Crippen LogP contribution < -0.4 is 4.74 Å². The van der Waals surface area contributed by atoms with Crippen LogP contribution in [0.4, 0.5) is 0 Å². The lowest BCUT2D eigenvalue weighted by Crippen LogP contribution is -2.45. The third-order valence-corrected chi connectivity index (χ3v) is 4.42. The standard InChI is InChI=1S/C15H20BrNO3/c1-15(14(18)19)6-3-7-17(10-15)9-11-8-12(16)4-5-13(11)20-2/h4-5,8H,3,6-7,9-10H2,1-2H3,(H,18,19). The molecule has 1 aliphatic heterocycles. The van der Waals surface area contributed by atoms with Gasteiger partial charge in [-0.25, -0.2) is 0 Å². The molecule has 2 rings (SSSR count). The molecular formula is C15H20BrNO3. The highest BCUT2D eigenvalue weighted by Crippen LogP contribution is 2.32. The fraction of sp³-hybridized carbons (Fsp3) is 0.533. The zero-order valence-electron chi connectivity index (χ0n) is 11.9. The predicted octanol–water partition coefficient (Wildman–Crippen LogP) is 3.14. The molecule has 110 valence electrons. The Hall–Kier alpha value is -1.07. The van der Waals surface area contributed by atoms with Crippen LogP contribution in [0.25, 0.3) is 0 Å². The summed E-state index contributed by atoms with van der Waals surface area (Å²) in [5, 5.41) is 9.37. The number of piperidine rings is 1. The molecule has 0 saturated carbocycles. The minimum absolute atomic E-state index is 0.581. The largest absolute Gasteiger partial charge is 0.496 e. The van der Waals surface area contributed by atoms with E-state index in [0.29, 0.717) is 13.1 Å². The van der Waals surface area contributed by atoms with Crippen LogP contribution in [0.1, 0.15) is 25.3 Å². The molecule has 0 aromatic heterocycles. The second-order valence-corrected chi connectivity index (χ2v) is 6.55. The topological polar surface area (TPSA) is 49.8 Å². The van der Waals surface area contributed by atoms with Crippen LogP contribution in [0.15, 0.2) is 22.7 Å². The van der Waals surface area contributed by atoms with Crippen LogP contribution in [-0.4, -0.2) is 36.2 Å². The van der Waals surface area contributed by atoms with Crippen LogP contribution in [0, 0.1) is 5.41 Å². The molecular weight excluding hydrogens is 322 g/mol. The first kappa shape index (κ1) is 15.3. The SMILES string of the molecule is COc1ccc(Br)cc1CN1CCCC(C)(C(=O)O)C1. The number of carboxylic acid groups (broad SMARTS) is 1. The van der Waals surface area contributed by atoms with Gasteiger partial charge in [0.05, 0.1) is 12.5 Å². The molecule has 1 heterocycles. The van der Waals surface area contributed by atoms with Crippen LogP contribution in [-0.2, 0) is 11.3 Å². The summed E-state index contributed by atoms with van der Waals surface area (Å²) in [6.45, 7) is 4.06. The monoisotopic (exact) mass is 341 g/mol. The first-order valence-electron chi connectivity index (χ1n) is 6.73. The average Bonchev–Trinajstić information content (AvgIpc) is 2.39. The number of rotatable bonds is 4. The molecule has 0 bridgehead atoms. The minimum atomic E-state index is -0.705. The number of halogens is 1. The molecule has 1 fully saturated rings. The number of carboxylic acids is 1. The Bertz CT molecular complexity index is 506. The number of nitrogens with zero attached hydrogens (tertiary/aromatic N) is 1. The van der Waals surface area contributed by atoms with Gasteiger partial charge in [-0.1, -0.05) is 15.9 Å². The fourth-order valence-corrected chi connectivity index (χ4v) is 3.17. The Morgan fingerprint density at radius 1 is 1.55 bits per heavy atom. The molecule has 5 heteroatoms. The van der Waals surface area contributed by atoms with E-state index in [2.05, 4.69) is 20.8 Å². The highest BCUT2D eigenvalue weighted by Gasteiger charge is 2.37. The molecule has 0 amide bonds. The van der Waals surface area contributed by atoms with Crippen LogP contribution in [0.2, 0.25) is 0 Å². The predicted molar refractivity (Wildman–Crippen MR) is 80.9 cm³/mol. The van der Waals surface area contributed by atoms with E-state index in [4.69, 9.17) is 4.74 Å². The van der Waals surface area contributed by atoms with Gasteiger partial charge in [0.15, 0.2) is 0 Å². The third kappa shape index (κ3) is 3.33. The molecule has 0 spiro atoms. The first-order valence-corrected chi connectivity index (χ1v) is 7.52. The average molecular weight is 342 g/mol. The van der Waals surface area contributed by atoms with Gasteiger partial charge in [0, 0.05) is 23.1 Å². The van der Waals surface area contributed by atoms with E-state index in [0.717, 1.165) is 35.2 Å². The molecule has 1 aromatic carbocycles. The van der Waals surface area contributed by atoms with Crippen LogP contribution >= 0.6 is 15.9 Å². The van der Waals surface area contributed by atoms with Crippen molar-refractivity contribution in [1.29, 1.82) is 0 Å². The van der Waals surface area contributed by atoms with E-state index >= 15 is 0 Å². The Balaban J connectivity index is 2.14. The summed E-state index contributed by atoms with van der Waals surface area (Å²) in [6, 6.07) is 5.91. The highest BCUT2D eigenvalue weighted by molar-refractivity contribution is 9.10.